The van der Waals surface area contributed by atoms with Crippen LogP contribution in [0.4, 0.5) is 16.2 Å². The van der Waals surface area contributed by atoms with E-state index < -0.39 is 12.0 Å². The van der Waals surface area contributed by atoms with Crippen molar-refractivity contribution in [2.24, 2.45) is 0 Å². The van der Waals surface area contributed by atoms with Crippen molar-refractivity contribution in [3.8, 4) is 17.2 Å². The van der Waals surface area contributed by atoms with Crippen LogP contribution < -0.4 is 24.8 Å². The minimum atomic E-state index is -0.564. The van der Waals surface area contributed by atoms with Gasteiger partial charge in [-0.3, -0.25) is 0 Å². The van der Waals surface area contributed by atoms with Gasteiger partial charge in [0.2, 0.25) is 0 Å². The number of aromatic amines is 1. The quantitative estimate of drug-likeness (QED) is 0.206. The number of benzene rings is 3. The van der Waals surface area contributed by atoms with Crippen LogP contribution in [0, 0.1) is 0 Å². The molecule has 0 aliphatic heterocycles. The van der Waals surface area contributed by atoms with E-state index in [1.165, 1.54) is 7.11 Å². The number of nitrogens with one attached hydrogen (secondary N) is 3. The molecule has 0 bridgehead atoms. The Morgan fingerprint density at radius 2 is 1.48 bits per heavy atom. The maximum atomic E-state index is 13.0. The molecule has 3 aromatic carbocycles. The summed E-state index contributed by atoms with van der Waals surface area (Å²) in [5, 5.41) is 7.36. The van der Waals surface area contributed by atoms with E-state index in [1.54, 1.807) is 26.4 Å². The molecule has 2 amide bonds. The van der Waals surface area contributed by atoms with Gasteiger partial charge in [0.25, 0.3) is 0 Å². The van der Waals surface area contributed by atoms with Crippen molar-refractivity contribution in [1.82, 2.24) is 4.98 Å². The van der Waals surface area contributed by atoms with Crippen molar-refractivity contribution in [1.29, 1.82) is 0 Å². The van der Waals surface area contributed by atoms with E-state index in [0.717, 1.165) is 22.0 Å². The molecule has 0 unspecified atom stereocenters. The smallest absolute Gasteiger partial charge is 0.356 e. The number of esters is 1. The Bertz CT molecular complexity index is 1520. The van der Waals surface area contributed by atoms with Crippen molar-refractivity contribution in [3.05, 3.63) is 77.6 Å². The Morgan fingerprint density at radius 3 is 2.15 bits per heavy atom. The molecule has 0 fully saturated rings. The summed E-state index contributed by atoms with van der Waals surface area (Å²) in [5.74, 6) is 1.49. The SMILES string of the molecule is COC(=O)c1[nH]c(C(C)(C)C)cc1NC(=O)Nc1ccc(OCCc2ccc(OC)c(OC)c2)c2ccccc12. The first-order valence-corrected chi connectivity index (χ1v) is 12.9. The van der Waals surface area contributed by atoms with Gasteiger partial charge in [0.15, 0.2) is 11.5 Å². The minimum Gasteiger partial charge on any atom is -0.493 e. The van der Waals surface area contributed by atoms with Gasteiger partial charge < -0.3 is 34.6 Å². The lowest BCUT2D eigenvalue weighted by atomic mass is 9.92. The lowest BCUT2D eigenvalue weighted by Crippen LogP contribution is -2.21. The van der Waals surface area contributed by atoms with Crippen LogP contribution in [-0.2, 0) is 16.6 Å². The van der Waals surface area contributed by atoms with Crippen LogP contribution in [0.25, 0.3) is 10.8 Å². The molecule has 0 radical (unpaired) electrons. The normalized spacial score (nSPS) is 11.2. The van der Waals surface area contributed by atoms with Crippen LogP contribution in [-0.4, -0.2) is 44.9 Å². The Morgan fingerprint density at radius 1 is 0.800 bits per heavy atom. The third kappa shape index (κ3) is 6.31. The summed E-state index contributed by atoms with van der Waals surface area (Å²) in [6, 6.07) is 18.4. The van der Waals surface area contributed by atoms with Gasteiger partial charge in [-0.2, -0.15) is 0 Å². The van der Waals surface area contributed by atoms with Gasteiger partial charge in [0.05, 0.1) is 39.3 Å². The van der Waals surface area contributed by atoms with Gasteiger partial charge in [-0.05, 0) is 35.9 Å². The number of hydrogen-bond acceptors (Lipinski definition) is 6. The van der Waals surface area contributed by atoms with Crippen LogP contribution in [0.2, 0.25) is 0 Å². The van der Waals surface area contributed by atoms with Crippen molar-refractivity contribution in [2.75, 3.05) is 38.6 Å². The van der Waals surface area contributed by atoms with Gasteiger partial charge in [0.1, 0.15) is 11.4 Å². The third-order valence-corrected chi connectivity index (χ3v) is 6.49. The van der Waals surface area contributed by atoms with Gasteiger partial charge in [0, 0.05) is 28.3 Å². The van der Waals surface area contributed by atoms with Gasteiger partial charge in [-0.15, -0.1) is 0 Å². The van der Waals surface area contributed by atoms with E-state index in [9.17, 15) is 9.59 Å². The van der Waals surface area contributed by atoms with E-state index in [0.29, 0.717) is 41.7 Å². The summed E-state index contributed by atoms with van der Waals surface area (Å²) in [7, 11) is 4.52. The van der Waals surface area contributed by atoms with Crippen LogP contribution in [0.15, 0.2) is 60.7 Å². The number of carbonyl (C=O) groups is 2. The fraction of sp³-hybridized carbons (Fsp3) is 0.290. The summed E-state index contributed by atoms with van der Waals surface area (Å²) in [6.45, 7) is 6.47. The Hall–Kier alpha value is -4.66. The zero-order chi connectivity index (χ0) is 28.9. The maximum absolute atomic E-state index is 13.0. The number of methoxy groups -OCH3 is 3. The number of ether oxygens (including phenoxy) is 4. The highest BCUT2D eigenvalue weighted by Gasteiger charge is 2.24. The molecule has 4 rings (SSSR count). The number of aromatic nitrogens is 1. The molecule has 0 saturated heterocycles. The Balaban J connectivity index is 1.49. The monoisotopic (exact) mass is 545 g/mol. The molecular weight excluding hydrogens is 510 g/mol. The van der Waals surface area contributed by atoms with Crippen molar-refractivity contribution >= 4 is 34.1 Å². The van der Waals surface area contributed by atoms with Crippen LogP contribution in [0.3, 0.4) is 0 Å². The second kappa shape index (κ2) is 12.0. The number of H-pyrrole nitrogens is 1. The number of rotatable bonds is 9. The van der Waals surface area contributed by atoms with Crippen LogP contribution in [0.1, 0.15) is 42.5 Å². The molecule has 9 nitrogen and oxygen atoms in total. The fourth-order valence-corrected chi connectivity index (χ4v) is 4.32. The summed E-state index contributed by atoms with van der Waals surface area (Å²) in [6.07, 6.45) is 0.673. The number of carbonyl (C=O) groups excluding carboxylic acids is 2. The van der Waals surface area contributed by atoms with E-state index in [2.05, 4.69) is 15.6 Å². The predicted octanol–water partition coefficient (Wildman–Crippen LogP) is 6.53. The van der Waals surface area contributed by atoms with E-state index in [4.69, 9.17) is 18.9 Å². The molecule has 4 aromatic rings. The highest BCUT2D eigenvalue weighted by atomic mass is 16.5. The number of fused-ring (bicyclic) bond motifs is 1. The van der Waals surface area contributed by atoms with E-state index in [1.807, 2.05) is 69.3 Å². The average molecular weight is 546 g/mol. The van der Waals surface area contributed by atoms with Crippen molar-refractivity contribution < 1.29 is 28.5 Å². The Kier molecular flexibility index (Phi) is 8.52. The molecule has 1 heterocycles. The first kappa shape index (κ1) is 28.4. The molecule has 3 N–H and O–H groups in total. The van der Waals surface area contributed by atoms with Crippen molar-refractivity contribution in [2.45, 2.75) is 32.6 Å². The molecule has 210 valence electrons. The maximum Gasteiger partial charge on any atom is 0.356 e. The number of hydrogen-bond donors (Lipinski definition) is 3. The molecule has 0 aliphatic carbocycles. The first-order valence-electron chi connectivity index (χ1n) is 12.9. The molecule has 0 atom stereocenters. The zero-order valence-corrected chi connectivity index (χ0v) is 23.6. The molecule has 9 heteroatoms. The minimum absolute atomic E-state index is 0.186. The van der Waals surface area contributed by atoms with Gasteiger partial charge >= 0.3 is 12.0 Å². The predicted molar refractivity (Wildman–Crippen MR) is 156 cm³/mol. The Labute approximate surface area is 233 Å². The summed E-state index contributed by atoms with van der Waals surface area (Å²) in [5.41, 5.74) is 2.72. The largest absolute Gasteiger partial charge is 0.493 e. The molecule has 0 aliphatic rings. The van der Waals surface area contributed by atoms with E-state index in [-0.39, 0.29) is 11.1 Å². The second-order valence-electron chi connectivity index (χ2n) is 10.2. The first-order chi connectivity index (χ1) is 19.1. The standard InChI is InChI=1S/C31H35N3O6/c1-31(2,3)27-18-23(28(34-27)29(35)39-6)33-30(36)32-22-12-14-24(21-10-8-7-9-20(21)22)40-16-15-19-11-13-25(37-4)26(17-19)38-5/h7-14,17-18,34H,15-16H2,1-6H3,(H2,32,33,36). The molecule has 40 heavy (non-hydrogen) atoms. The lowest BCUT2D eigenvalue weighted by molar-refractivity contribution is 0.0595. The van der Waals surface area contributed by atoms with Crippen molar-refractivity contribution in [3.63, 3.8) is 0 Å². The van der Waals surface area contributed by atoms with Gasteiger partial charge in [-0.25, -0.2) is 9.59 Å². The van der Waals surface area contributed by atoms with Crippen LogP contribution in [0.5, 0.6) is 17.2 Å². The molecule has 1 aromatic heterocycles. The summed E-state index contributed by atoms with van der Waals surface area (Å²) < 4.78 is 21.7. The van der Waals surface area contributed by atoms with Crippen LogP contribution >= 0.6 is 0 Å². The third-order valence-electron chi connectivity index (χ3n) is 6.49. The second-order valence-corrected chi connectivity index (χ2v) is 10.2. The number of amides is 2. The van der Waals surface area contributed by atoms with Gasteiger partial charge in [-0.1, -0.05) is 51.1 Å². The average Bonchev–Trinajstić information content (AvgIpc) is 3.38. The summed E-state index contributed by atoms with van der Waals surface area (Å²) in [4.78, 5) is 28.4. The molecule has 0 saturated carbocycles. The molecular formula is C31H35N3O6. The topological polar surface area (TPSA) is 111 Å². The lowest BCUT2D eigenvalue weighted by Gasteiger charge is -2.15. The zero-order valence-electron chi connectivity index (χ0n) is 23.6. The fourth-order valence-electron chi connectivity index (χ4n) is 4.32. The number of anilines is 2. The highest BCUT2D eigenvalue weighted by molar-refractivity contribution is 6.09. The highest BCUT2D eigenvalue weighted by Crippen LogP contribution is 2.33. The summed E-state index contributed by atoms with van der Waals surface area (Å²) >= 11 is 0. The number of urea groups is 1. The van der Waals surface area contributed by atoms with E-state index >= 15 is 0 Å². The molecule has 0 spiro atoms.